The van der Waals surface area contributed by atoms with Gasteiger partial charge >= 0.3 is 0 Å². The van der Waals surface area contributed by atoms with Crippen LogP contribution in [0, 0.1) is 5.92 Å². The van der Waals surface area contributed by atoms with Crippen LogP contribution in [0.2, 0.25) is 0 Å². The van der Waals surface area contributed by atoms with E-state index in [0.29, 0.717) is 12.0 Å². The minimum absolute atomic E-state index is 0.643. The number of piperidine rings is 1. The van der Waals surface area contributed by atoms with Crippen molar-refractivity contribution in [3.05, 3.63) is 36.5 Å². The largest absolute Gasteiger partial charge is 0.371 e. The van der Waals surface area contributed by atoms with Crippen LogP contribution < -0.4 is 10.2 Å². The molecule has 2 heterocycles. The van der Waals surface area contributed by atoms with E-state index in [1.807, 2.05) is 12.3 Å². The van der Waals surface area contributed by atoms with Crippen LogP contribution in [0.4, 0.5) is 5.69 Å². The van der Waals surface area contributed by atoms with Gasteiger partial charge in [-0.05, 0) is 43.7 Å². The maximum atomic E-state index is 4.45. The molecule has 1 N–H and O–H groups in total. The van der Waals surface area contributed by atoms with E-state index in [4.69, 9.17) is 0 Å². The SMILES string of the molecule is CNC1CCN(c2cccc3ncccc23)CC1C. The fraction of sp³-hybridized carbons (Fsp3) is 0.438. The molecule has 1 aliphatic rings. The van der Waals surface area contributed by atoms with E-state index in [0.717, 1.165) is 18.6 Å². The standard InChI is InChI=1S/C16H21N3/c1-12-11-19(10-8-14(12)17-2)16-7-3-6-15-13(16)5-4-9-18-15/h3-7,9,12,14,17H,8,10-11H2,1-2H3. The molecule has 3 nitrogen and oxygen atoms in total. The third kappa shape index (κ3) is 2.30. The van der Waals surface area contributed by atoms with Crippen molar-refractivity contribution in [2.24, 2.45) is 5.92 Å². The zero-order valence-electron chi connectivity index (χ0n) is 11.6. The molecule has 1 saturated heterocycles. The minimum atomic E-state index is 0.643. The molecule has 1 aliphatic heterocycles. The van der Waals surface area contributed by atoms with Crippen LogP contribution in [0.25, 0.3) is 10.9 Å². The molecule has 0 bridgehead atoms. The van der Waals surface area contributed by atoms with Gasteiger partial charge < -0.3 is 10.2 Å². The lowest BCUT2D eigenvalue weighted by Gasteiger charge is -2.38. The lowest BCUT2D eigenvalue weighted by atomic mass is 9.93. The molecule has 0 amide bonds. The summed E-state index contributed by atoms with van der Waals surface area (Å²) < 4.78 is 0. The summed E-state index contributed by atoms with van der Waals surface area (Å²) in [6, 6.07) is 11.3. The van der Waals surface area contributed by atoms with E-state index in [-0.39, 0.29) is 0 Å². The number of nitrogens with one attached hydrogen (secondary N) is 1. The summed E-state index contributed by atoms with van der Waals surface area (Å²) in [7, 11) is 2.07. The molecule has 2 atom stereocenters. The first-order valence-electron chi connectivity index (χ1n) is 7.05. The monoisotopic (exact) mass is 255 g/mol. The molecule has 0 radical (unpaired) electrons. The van der Waals surface area contributed by atoms with Gasteiger partial charge in [0.2, 0.25) is 0 Å². The number of hydrogen-bond donors (Lipinski definition) is 1. The van der Waals surface area contributed by atoms with Crippen LogP contribution in [0.15, 0.2) is 36.5 Å². The van der Waals surface area contributed by atoms with Gasteiger partial charge in [-0.3, -0.25) is 4.98 Å². The van der Waals surface area contributed by atoms with E-state index < -0.39 is 0 Å². The zero-order chi connectivity index (χ0) is 13.2. The van der Waals surface area contributed by atoms with Crippen molar-refractivity contribution in [3.8, 4) is 0 Å². The molecule has 0 saturated carbocycles. The highest BCUT2D eigenvalue weighted by Crippen LogP contribution is 2.29. The van der Waals surface area contributed by atoms with Crippen molar-refractivity contribution in [1.82, 2.24) is 10.3 Å². The molecular formula is C16H21N3. The molecule has 100 valence electrons. The van der Waals surface area contributed by atoms with Gasteiger partial charge in [0.1, 0.15) is 0 Å². The summed E-state index contributed by atoms with van der Waals surface area (Å²) in [4.78, 5) is 6.95. The molecule has 0 spiro atoms. The Hall–Kier alpha value is -1.61. The number of nitrogens with zero attached hydrogens (tertiary/aromatic N) is 2. The van der Waals surface area contributed by atoms with Gasteiger partial charge in [0.25, 0.3) is 0 Å². The Bertz CT molecular complexity index is 561. The topological polar surface area (TPSA) is 28.2 Å². The van der Waals surface area contributed by atoms with E-state index >= 15 is 0 Å². The molecule has 0 aliphatic carbocycles. The van der Waals surface area contributed by atoms with Crippen LogP contribution in [-0.4, -0.2) is 31.2 Å². The molecule has 19 heavy (non-hydrogen) atoms. The van der Waals surface area contributed by atoms with Crippen LogP contribution in [0.5, 0.6) is 0 Å². The quantitative estimate of drug-likeness (QED) is 0.894. The average Bonchev–Trinajstić information content (AvgIpc) is 2.46. The first kappa shape index (κ1) is 12.4. The summed E-state index contributed by atoms with van der Waals surface area (Å²) in [6.07, 6.45) is 3.07. The van der Waals surface area contributed by atoms with Gasteiger partial charge in [0, 0.05) is 36.4 Å². The second-order valence-electron chi connectivity index (χ2n) is 5.45. The lowest BCUT2D eigenvalue weighted by Crippen LogP contribution is -2.47. The Kier molecular flexibility index (Phi) is 3.38. The predicted octanol–water partition coefficient (Wildman–Crippen LogP) is 2.67. The zero-order valence-corrected chi connectivity index (χ0v) is 11.6. The molecular weight excluding hydrogens is 234 g/mol. The molecule has 3 rings (SSSR count). The van der Waals surface area contributed by atoms with Crippen molar-refractivity contribution < 1.29 is 0 Å². The summed E-state index contributed by atoms with van der Waals surface area (Å²) >= 11 is 0. The van der Waals surface area contributed by atoms with Crippen molar-refractivity contribution in [2.45, 2.75) is 19.4 Å². The molecule has 1 fully saturated rings. The number of rotatable bonds is 2. The summed E-state index contributed by atoms with van der Waals surface area (Å²) in [5.41, 5.74) is 2.41. The Morgan fingerprint density at radius 3 is 2.95 bits per heavy atom. The molecule has 1 aromatic heterocycles. The highest BCUT2D eigenvalue weighted by Gasteiger charge is 2.25. The van der Waals surface area contributed by atoms with E-state index in [9.17, 15) is 0 Å². The van der Waals surface area contributed by atoms with E-state index in [2.05, 4.69) is 53.4 Å². The van der Waals surface area contributed by atoms with Gasteiger partial charge in [-0.25, -0.2) is 0 Å². The number of aromatic nitrogens is 1. The number of pyridine rings is 1. The maximum absolute atomic E-state index is 4.45. The molecule has 2 aromatic rings. The Morgan fingerprint density at radius 2 is 2.16 bits per heavy atom. The fourth-order valence-corrected chi connectivity index (χ4v) is 3.16. The smallest absolute Gasteiger partial charge is 0.0722 e. The van der Waals surface area contributed by atoms with Gasteiger partial charge in [-0.2, -0.15) is 0 Å². The minimum Gasteiger partial charge on any atom is -0.371 e. The maximum Gasteiger partial charge on any atom is 0.0722 e. The third-order valence-electron chi connectivity index (χ3n) is 4.24. The Labute approximate surface area is 114 Å². The van der Waals surface area contributed by atoms with Crippen LogP contribution in [0.3, 0.4) is 0 Å². The lowest BCUT2D eigenvalue weighted by molar-refractivity contribution is 0.339. The normalized spacial score (nSPS) is 23.8. The number of anilines is 1. The Morgan fingerprint density at radius 1 is 1.26 bits per heavy atom. The highest BCUT2D eigenvalue weighted by molar-refractivity contribution is 5.91. The van der Waals surface area contributed by atoms with Gasteiger partial charge in [0.15, 0.2) is 0 Å². The van der Waals surface area contributed by atoms with Gasteiger partial charge in [0.05, 0.1) is 5.52 Å². The number of hydrogen-bond acceptors (Lipinski definition) is 3. The second kappa shape index (κ2) is 5.17. The van der Waals surface area contributed by atoms with Crippen molar-refractivity contribution >= 4 is 16.6 Å². The van der Waals surface area contributed by atoms with E-state index in [1.165, 1.54) is 17.5 Å². The summed E-state index contributed by atoms with van der Waals surface area (Å²) in [6.45, 7) is 4.56. The first-order chi connectivity index (χ1) is 9.29. The van der Waals surface area contributed by atoms with Crippen LogP contribution in [0.1, 0.15) is 13.3 Å². The van der Waals surface area contributed by atoms with Crippen LogP contribution >= 0.6 is 0 Å². The predicted molar refractivity (Wildman–Crippen MR) is 80.6 cm³/mol. The second-order valence-corrected chi connectivity index (χ2v) is 5.45. The molecule has 1 aromatic carbocycles. The van der Waals surface area contributed by atoms with Crippen molar-refractivity contribution in [1.29, 1.82) is 0 Å². The molecule has 2 unspecified atom stereocenters. The van der Waals surface area contributed by atoms with E-state index in [1.54, 1.807) is 0 Å². The van der Waals surface area contributed by atoms with Gasteiger partial charge in [-0.15, -0.1) is 0 Å². The highest BCUT2D eigenvalue weighted by atomic mass is 15.2. The average molecular weight is 255 g/mol. The fourth-order valence-electron chi connectivity index (χ4n) is 3.16. The number of fused-ring (bicyclic) bond motifs is 1. The number of benzene rings is 1. The summed E-state index contributed by atoms with van der Waals surface area (Å²) in [5, 5.41) is 4.69. The van der Waals surface area contributed by atoms with Crippen molar-refractivity contribution in [3.63, 3.8) is 0 Å². The first-order valence-corrected chi connectivity index (χ1v) is 7.05. The van der Waals surface area contributed by atoms with Gasteiger partial charge in [-0.1, -0.05) is 13.0 Å². The van der Waals surface area contributed by atoms with Crippen molar-refractivity contribution in [2.75, 3.05) is 25.0 Å². The third-order valence-corrected chi connectivity index (χ3v) is 4.24. The molecule has 3 heteroatoms. The Balaban J connectivity index is 1.93. The summed E-state index contributed by atoms with van der Waals surface area (Å²) in [5.74, 6) is 0.672. The van der Waals surface area contributed by atoms with Crippen LogP contribution in [-0.2, 0) is 0 Å².